The lowest BCUT2D eigenvalue weighted by Crippen LogP contribution is -2.46. The zero-order chi connectivity index (χ0) is 17.2. The lowest BCUT2D eigenvalue weighted by molar-refractivity contribution is -0.138. The maximum Gasteiger partial charge on any atom is 0.227 e. The van der Waals surface area contributed by atoms with Crippen molar-refractivity contribution in [2.24, 2.45) is 13.0 Å². The summed E-state index contributed by atoms with van der Waals surface area (Å²) >= 11 is 0. The van der Waals surface area contributed by atoms with E-state index in [0.29, 0.717) is 5.91 Å². The first kappa shape index (κ1) is 16.3. The largest absolute Gasteiger partial charge is 0.338 e. The third-order valence-electron chi connectivity index (χ3n) is 5.47. The predicted octanol–water partition coefficient (Wildman–Crippen LogP) is 1.61. The van der Waals surface area contributed by atoms with Gasteiger partial charge in [0, 0.05) is 26.7 Å². The van der Waals surface area contributed by atoms with E-state index in [2.05, 4.69) is 44.3 Å². The van der Waals surface area contributed by atoms with E-state index >= 15 is 0 Å². The number of piperidine rings is 1. The molecule has 2 aromatic rings. The van der Waals surface area contributed by atoms with Crippen LogP contribution in [0.3, 0.4) is 0 Å². The van der Waals surface area contributed by atoms with Crippen LogP contribution in [0.1, 0.15) is 29.8 Å². The van der Waals surface area contributed by atoms with Crippen molar-refractivity contribution in [3.8, 4) is 0 Å². The summed E-state index contributed by atoms with van der Waals surface area (Å²) in [6.45, 7) is 4.22. The van der Waals surface area contributed by atoms with Gasteiger partial charge in [-0.15, -0.1) is 10.2 Å². The van der Waals surface area contributed by atoms with Gasteiger partial charge in [-0.1, -0.05) is 24.3 Å². The van der Waals surface area contributed by atoms with Crippen molar-refractivity contribution >= 4 is 5.91 Å². The summed E-state index contributed by atoms with van der Waals surface area (Å²) < 4.78 is 1.95. The summed E-state index contributed by atoms with van der Waals surface area (Å²) in [4.78, 5) is 17.4. The second-order valence-electron chi connectivity index (χ2n) is 7.21. The summed E-state index contributed by atoms with van der Waals surface area (Å²) in [5.41, 5.74) is 2.69. The molecule has 25 heavy (non-hydrogen) atoms. The molecule has 1 atom stereocenters. The number of fused-ring (bicyclic) bond motifs is 1. The van der Waals surface area contributed by atoms with Gasteiger partial charge in [0.2, 0.25) is 5.91 Å². The number of rotatable bonds is 3. The molecule has 1 fully saturated rings. The van der Waals surface area contributed by atoms with Crippen LogP contribution in [0.2, 0.25) is 0 Å². The normalized spacial score (nSPS) is 21.2. The van der Waals surface area contributed by atoms with E-state index in [4.69, 9.17) is 0 Å². The van der Waals surface area contributed by atoms with Crippen LogP contribution in [0.4, 0.5) is 0 Å². The van der Waals surface area contributed by atoms with Crippen molar-refractivity contribution in [2.75, 3.05) is 19.6 Å². The zero-order valence-electron chi connectivity index (χ0n) is 14.8. The second-order valence-corrected chi connectivity index (χ2v) is 7.21. The van der Waals surface area contributed by atoms with Gasteiger partial charge in [0.15, 0.2) is 0 Å². The van der Waals surface area contributed by atoms with Gasteiger partial charge in [-0.2, -0.15) is 0 Å². The quantitative estimate of drug-likeness (QED) is 0.853. The van der Waals surface area contributed by atoms with Gasteiger partial charge in [0.1, 0.15) is 12.2 Å². The van der Waals surface area contributed by atoms with Crippen molar-refractivity contribution in [2.45, 2.75) is 32.4 Å². The minimum atomic E-state index is 0.104. The molecule has 0 saturated carbocycles. The SMILES string of the molecule is Cn1cnnc1CN1CCCC(C(=O)N2CCc3ccccc3C2)C1. The van der Waals surface area contributed by atoms with E-state index in [1.54, 1.807) is 6.33 Å². The Morgan fingerprint density at radius 2 is 2.08 bits per heavy atom. The van der Waals surface area contributed by atoms with E-state index in [9.17, 15) is 4.79 Å². The van der Waals surface area contributed by atoms with E-state index in [1.165, 1.54) is 11.1 Å². The summed E-state index contributed by atoms with van der Waals surface area (Å²) in [5.74, 6) is 1.38. The fourth-order valence-electron chi connectivity index (χ4n) is 3.99. The van der Waals surface area contributed by atoms with Gasteiger partial charge < -0.3 is 9.47 Å². The van der Waals surface area contributed by atoms with E-state index in [0.717, 1.165) is 57.8 Å². The highest BCUT2D eigenvalue weighted by Crippen LogP contribution is 2.24. The molecular formula is C19H25N5O. The van der Waals surface area contributed by atoms with Crippen LogP contribution in [0.15, 0.2) is 30.6 Å². The average Bonchev–Trinajstić information content (AvgIpc) is 3.05. The number of benzene rings is 1. The molecule has 0 spiro atoms. The van der Waals surface area contributed by atoms with Gasteiger partial charge in [0.05, 0.1) is 12.5 Å². The highest BCUT2D eigenvalue weighted by Gasteiger charge is 2.31. The summed E-state index contributed by atoms with van der Waals surface area (Å²) in [5, 5.41) is 8.12. The minimum absolute atomic E-state index is 0.104. The number of hydrogen-bond donors (Lipinski definition) is 0. The lowest BCUT2D eigenvalue weighted by Gasteiger charge is -2.36. The Labute approximate surface area is 148 Å². The Bertz CT molecular complexity index is 756. The Balaban J connectivity index is 1.40. The lowest BCUT2D eigenvalue weighted by atomic mass is 9.94. The van der Waals surface area contributed by atoms with E-state index in [1.807, 2.05) is 11.6 Å². The number of carbonyl (C=O) groups is 1. The second kappa shape index (κ2) is 6.96. The van der Waals surface area contributed by atoms with Crippen molar-refractivity contribution in [1.29, 1.82) is 0 Å². The molecule has 0 N–H and O–H groups in total. The maximum absolute atomic E-state index is 13.0. The van der Waals surface area contributed by atoms with Gasteiger partial charge in [-0.05, 0) is 36.9 Å². The van der Waals surface area contributed by atoms with Crippen LogP contribution >= 0.6 is 0 Å². The fraction of sp³-hybridized carbons (Fsp3) is 0.526. The van der Waals surface area contributed by atoms with E-state index in [-0.39, 0.29) is 5.92 Å². The number of amides is 1. The highest BCUT2D eigenvalue weighted by molar-refractivity contribution is 5.79. The molecule has 4 rings (SSSR count). The summed E-state index contributed by atoms with van der Waals surface area (Å²) in [6.07, 6.45) is 4.76. The zero-order valence-corrected chi connectivity index (χ0v) is 14.8. The van der Waals surface area contributed by atoms with Gasteiger partial charge in [-0.3, -0.25) is 9.69 Å². The third-order valence-corrected chi connectivity index (χ3v) is 5.47. The first-order valence-electron chi connectivity index (χ1n) is 9.11. The van der Waals surface area contributed by atoms with Gasteiger partial charge >= 0.3 is 0 Å². The number of hydrogen-bond acceptors (Lipinski definition) is 4. The first-order valence-corrected chi connectivity index (χ1v) is 9.11. The summed E-state index contributed by atoms with van der Waals surface area (Å²) in [7, 11) is 1.97. The molecule has 132 valence electrons. The number of aromatic nitrogens is 3. The molecule has 3 heterocycles. The van der Waals surface area contributed by atoms with Crippen LogP contribution in [0.25, 0.3) is 0 Å². The predicted molar refractivity (Wildman–Crippen MR) is 94.6 cm³/mol. The molecule has 0 bridgehead atoms. The summed E-state index contributed by atoms with van der Waals surface area (Å²) in [6, 6.07) is 8.48. The molecule has 1 amide bonds. The number of nitrogens with zero attached hydrogens (tertiary/aromatic N) is 5. The molecule has 2 aliphatic rings. The molecule has 0 aliphatic carbocycles. The Kier molecular flexibility index (Phi) is 4.53. The Morgan fingerprint density at radius 1 is 1.24 bits per heavy atom. The first-order chi connectivity index (χ1) is 12.2. The van der Waals surface area contributed by atoms with Crippen LogP contribution in [-0.4, -0.2) is 50.1 Å². The van der Waals surface area contributed by atoms with Crippen LogP contribution in [0, 0.1) is 5.92 Å². The van der Waals surface area contributed by atoms with Gasteiger partial charge in [-0.25, -0.2) is 0 Å². The average molecular weight is 339 g/mol. The molecule has 0 radical (unpaired) electrons. The topological polar surface area (TPSA) is 54.3 Å². The molecule has 1 saturated heterocycles. The van der Waals surface area contributed by atoms with Crippen LogP contribution < -0.4 is 0 Å². The Hall–Kier alpha value is -2.21. The Morgan fingerprint density at radius 3 is 2.88 bits per heavy atom. The molecule has 6 heteroatoms. The molecule has 2 aliphatic heterocycles. The smallest absolute Gasteiger partial charge is 0.227 e. The highest BCUT2D eigenvalue weighted by atomic mass is 16.2. The van der Waals surface area contributed by atoms with Crippen LogP contribution in [0.5, 0.6) is 0 Å². The third kappa shape index (κ3) is 3.44. The van der Waals surface area contributed by atoms with Crippen molar-refractivity contribution in [3.63, 3.8) is 0 Å². The van der Waals surface area contributed by atoms with Gasteiger partial charge in [0.25, 0.3) is 0 Å². The van der Waals surface area contributed by atoms with E-state index < -0.39 is 0 Å². The monoisotopic (exact) mass is 339 g/mol. The standard InChI is InChI=1S/C19H25N5O/c1-22-14-20-21-18(22)13-23-9-4-7-17(11-23)19(25)24-10-8-15-5-2-3-6-16(15)12-24/h2-3,5-6,14,17H,4,7-13H2,1H3. The van der Waals surface area contributed by atoms with Crippen molar-refractivity contribution in [1.82, 2.24) is 24.6 Å². The molecule has 6 nitrogen and oxygen atoms in total. The molecular weight excluding hydrogens is 314 g/mol. The number of carbonyl (C=O) groups excluding carboxylic acids is 1. The van der Waals surface area contributed by atoms with Crippen LogP contribution in [-0.2, 0) is 31.4 Å². The van der Waals surface area contributed by atoms with Crippen molar-refractivity contribution < 1.29 is 4.79 Å². The molecule has 1 aromatic heterocycles. The minimum Gasteiger partial charge on any atom is -0.338 e. The van der Waals surface area contributed by atoms with Crippen molar-refractivity contribution in [3.05, 3.63) is 47.5 Å². The number of aryl methyl sites for hydroxylation is 1. The number of likely N-dealkylation sites (tertiary alicyclic amines) is 1. The molecule has 1 unspecified atom stereocenters. The molecule has 1 aromatic carbocycles. The fourth-order valence-corrected chi connectivity index (χ4v) is 3.99. The maximum atomic E-state index is 13.0.